The van der Waals surface area contributed by atoms with E-state index in [1.807, 2.05) is 24.8 Å². The number of amides is 1. The predicted octanol–water partition coefficient (Wildman–Crippen LogP) is 1.19. The molecule has 0 aromatic carbocycles. The third kappa shape index (κ3) is 5.46. The molecule has 0 aromatic rings. The standard InChI is InChI=1S/C15H23N3O3/c1-4-21-15(20)12-5-7-18(8-6-12)10-13(9-16)14(19)17-11(2)3/h10-12H,4-8H2,1-3H3,(H,17,19)/b13-10-. The lowest BCUT2D eigenvalue weighted by atomic mass is 9.97. The van der Waals surface area contributed by atoms with Gasteiger partial charge in [0.2, 0.25) is 0 Å². The Labute approximate surface area is 125 Å². The molecule has 1 aliphatic rings. The summed E-state index contributed by atoms with van der Waals surface area (Å²) in [6.45, 7) is 7.16. The molecule has 6 heteroatoms. The molecule has 116 valence electrons. The molecule has 0 aliphatic carbocycles. The van der Waals surface area contributed by atoms with Crippen LogP contribution in [0.25, 0.3) is 0 Å². The molecule has 1 heterocycles. The Balaban J connectivity index is 2.57. The van der Waals surface area contributed by atoms with Gasteiger partial charge in [-0.15, -0.1) is 0 Å². The summed E-state index contributed by atoms with van der Waals surface area (Å²) in [5, 5.41) is 11.8. The maximum Gasteiger partial charge on any atom is 0.309 e. The second-order valence-electron chi connectivity index (χ2n) is 5.35. The molecule has 0 radical (unpaired) electrons. The molecule has 0 atom stereocenters. The summed E-state index contributed by atoms with van der Waals surface area (Å²) in [7, 11) is 0. The Morgan fingerprint density at radius 3 is 2.52 bits per heavy atom. The van der Waals surface area contributed by atoms with Gasteiger partial charge in [0.05, 0.1) is 12.5 Å². The van der Waals surface area contributed by atoms with E-state index < -0.39 is 0 Å². The Hall–Kier alpha value is -2.03. The van der Waals surface area contributed by atoms with Gasteiger partial charge in [0.25, 0.3) is 5.91 Å². The van der Waals surface area contributed by atoms with E-state index in [9.17, 15) is 9.59 Å². The number of ether oxygens (including phenoxy) is 1. The van der Waals surface area contributed by atoms with Crippen LogP contribution in [0.5, 0.6) is 0 Å². The molecule has 1 amide bonds. The Morgan fingerprint density at radius 2 is 2.05 bits per heavy atom. The van der Waals surface area contributed by atoms with Gasteiger partial charge in [-0.25, -0.2) is 0 Å². The molecule has 1 fully saturated rings. The van der Waals surface area contributed by atoms with Crippen molar-refractivity contribution < 1.29 is 14.3 Å². The van der Waals surface area contributed by atoms with E-state index >= 15 is 0 Å². The van der Waals surface area contributed by atoms with E-state index in [2.05, 4.69) is 5.32 Å². The molecule has 1 N–H and O–H groups in total. The van der Waals surface area contributed by atoms with Crippen molar-refractivity contribution in [2.45, 2.75) is 39.7 Å². The monoisotopic (exact) mass is 293 g/mol. The first-order chi connectivity index (χ1) is 9.97. The van der Waals surface area contributed by atoms with Gasteiger partial charge in [0.15, 0.2) is 0 Å². The summed E-state index contributed by atoms with van der Waals surface area (Å²) < 4.78 is 5.01. The van der Waals surface area contributed by atoms with E-state index in [4.69, 9.17) is 10.00 Å². The second-order valence-corrected chi connectivity index (χ2v) is 5.35. The third-order valence-corrected chi connectivity index (χ3v) is 3.25. The Morgan fingerprint density at radius 1 is 1.43 bits per heavy atom. The van der Waals surface area contributed by atoms with E-state index in [1.54, 1.807) is 13.1 Å². The molecular formula is C15H23N3O3. The Bertz CT molecular complexity index is 444. The number of hydrogen-bond donors (Lipinski definition) is 1. The quantitative estimate of drug-likeness (QED) is 0.468. The van der Waals surface area contributed by atoms with Crippen LogP contribution in [-0.2, 0) is 14.3 Å². The molecule has 0 aromatic heterocycles. The lowest BCUT2D eigenvalue weighted by Gasteiger charge is -2.30. The van der Waals surface area contributed by atoms with Crippen molar-refractivity contribution in [2.24, 2.45) is 5.92 Å². The fourth-order valence-corrected chi connectivity index (χ4v) is 2.19. The van der Waals surface area contributed by atoms with Gasteiger partial charge in [-0.05, 0) is 33.6 Å². The van der Waals surface area contributed by atoms with Crippen LogP contribution in [0.15, 0.2) is 11.8 Å². The van der Waals surface area contributed by atoms with Gasteiger partial charge in [-0.3, -0.25) is 9.59 Å². The number of carbonyl (C=O) groups is 2. The normalized spacial score (nSPS) is 16.5. The first-order valence-corrected chi connectivity index (χ1v) is 7.31. The molecule has 6 nitrogen and oxygen atoms in total. The van der Waals surface area contributed by atoms with Crippen LogP contribution < -0.4 is 5.32 Å². The highest BCUT2D eigenvalue weighted by molar-refractivity contribution is 5.97. The number of hydrogen-bond acceptors (Lipinski definition) is 5. The van der Waals surface area contributed by atoms with Crippen molar-refractivity contribution in [3.8, 4) is 6.07 Å². The van der Waals surface area contributed by atoms with Crippen molar-refractivity contribution in [2.75, 3.05) is 19.7 Å². The van der Waals surface area contributed by atoms with Crippen molar-refractivity contribution in [3.63, 3.8) is 0 Å². The molecular weight excluding hydrogens is 270 g/mol. The molecule has 1 rings (SSSR count). The highest BCUT2D eigenvalue weighted by atomic mass is 16.5. The highest BCUT2D eigenvalue weighted by Gasteiger charge is 2.25. The number of nitriles is 1. The third-order valence-electron chi connectivity index (χ3n) is 3.25. The van der Waals surface area contributed by atoms with Crippen molar-refractivity contribution >= 4 is 11.9 Å². The molecule has 0 bridgehead atoms. The van der Waals surface area contributed by atoms with Crippen LogP contribution in [-0.4, -0.2) is 42.5 Å². The van der Waals surface area contributed by atoms with Gasteiger partial charge in [0.1, 0.15) is 11.6 Å². The fourth-order valence-electron chi connectivity index (χ4n) is 2.19. The molecule has 1 saturated heterocycles. The number of esters is 1. The lowest BCUT2D eigenvalue weighted by molar-refractivity contribution is -0.149. The summed E-state index contributed by atoms with van der Waals surface area (Å²) >= 11 is 0. The zero-order valence-electron chi connectivity index (χ0n) is 12.9. The number of likely N-dealkylation sites (tertiary alicyclic amines) is 1. The average molecular weight is 293 g/mol. The number of rotatable bonds is 5. The van der Waals surface area contributed by atoms with E-state index in [0.717, 1.165) is 0 Å². The van der Waals surface area contributed by atoms with Crippen LogP contribution in [0.1, 0.15) is 33.6 Å². The van der Waals surface area contributed by atoms with Crippen LogP contribution in [0.3, 0.4) is 0 Å². The minimum absolute atomic E-state index is 0.0104. The lowest BCUT2D eigenvalue weighted by Crippen LogP contribution is -2.36. The number of piperidine rings is 1. The first-order valence-electron chi connectivity index (χ1n) is 7.31. The zero-order valence-corrected chi connectivity index (χ0v) is 12.9. The first kappa shape index (κ1) is 17.0. The van der Waals surface area contributed by atoms with Crippen molar-refractivity contribution in [1.82, 2.24) is 10.2 Å². The molecule has 0 unspecified atom stereocenters. The van der Waals surface area contributed by atoms with E-state index in [-0.39, 0.29) is 29.4 Å². The maximum atomic E-state index is 11.8. The smallest absolute Gasteiger partial charge is 0.309 e. The summed E-state index contributed by atoms with van der Waals surface area (Å²) in [6.07, 6.45) is 2.94. The molecule has 21 heavy (non-hydrogen) atoms. The van der Waals surface area contributed by atoms with Gasteiger partial charge in [-0.2, -0.15) is 5.26 Å². The predicted molar refractivity (Wildman–Crippen MR) is 77.9 cm³/mol. The van der Waals surface area contributed by atoms with Crippen LogP contribution in [0.4, 0.5) is 0 Å². The maximum absolute atomic E-state index is 11.8. The number of nitrogens with one attached hydrogen (secondary N) is 1. The van der Waals surface area contributed by atoms with Crippen LogP contribution >= 0.6 is 0 Å². The van der Waals surface area contributed by atoms with Crippen molar-refractivity contribution in [1.29, 1.82) is 5.26 Å². The van der Waals surface area contributed by atoms with Crippen LogP contribution in [0, 0.1) is 17.2 Å². The van der Waals surface area contributed by atoms with Gasteiger partial charge < -0.3 is 15.0 Å². The van der Waals surface area contributed by atoms with Gasteiger partial charge >= 0.3 is 5.97 Å². The summed E-state index contributed by atoms with van der Waals surface area (Å²) in [4.78, 5) is 25.4. The van der Waals surface area contributed by atoms with Crippen molar-refractivity contribution in [3.05, 3.63) is 11.8 Å². The summed E-state index contributed by atoms with van der Waals surface area (Å²) in [6, 6.07) is 1.91. The molecule has 0 spiro atoms. The minimum atomic E-state index is -0.361. The summed E-state index contributed by atoms with van der Waals surface area (Å²) in [5.74, 6) is -0.594. The van der Waals surface area contributed by atoms with Crippen LogP contribution in [0.2, 0.25) is 0 Å². The summed E-state index contributed by atoms with van der Waals surface area (Å²) in [5.41, 5.74) is 0.0956. The second kappa shape index (κ2) is 8.30. The molecule has 0 saturated carbocycles. The highest BCUT2D eigenvalue weighted by Crippen LogP contribution is 2.19. The van der Waals surface area contributed by atoms with Gasteiger partial charge in [0, 0.05) is 25.3 Å². The molecule has 1 aliphatic heterocycles. The van der Waals surface area contributed by atoms with E-state index in [0.29, 0.717) is 32.5 Å². The minimum Gasteiger partial charge on any atom is -0.466 e. The topological polar surface area (TPSA) is 82.4 Å². The van der Waals surface area contributed by atoms with E-state index in [1.165, 1.54) is 0 Å². The SMILES string of the molecule is CCOC(=O)C1CCN(/C=C(/C#N)C(=O)NC(C)C)CC1. The zero-order chi connectivity index (χ0) is 15.8. The largest absolute Gasteiger partial charge is 0.466 e. The Kier molecular flexibility index (Phi) is 6.73. The fraction of sp³-hybridized carbons (Fsp3) is 0.667. The number of nitrogens with zero attached hydrogens (tertiary/aromatic N) is 2. The number of carbonyl (C=O) groups excluding carboxylic acids is 2. The van der Waals surface area contributed by atoms with Gasteiger partial charge in [-0.1, -0.05) is 0 Å². The average Bonchev–Trinajstić information content (AvgIpc) is 2.44.